The Morgan fingerprint density at radius 3 is 1.02 bits per heavy atom. The minimum atomic E-state index is -3.56. The van der Waals surface area contributed by atoms with Gasteiger partial charge in [0, 0.05) is 66.7 Å². The van der Waals surface area contributed by atoms with Gasteiger partial charge < -0.3 is 10.2 Å². The first kappa shape index (κ1) is 89.2. The minimum absolute atomic E-state index is 0.132. The highest BCUT2D eigenvalue weighted by molar-refractivity contribution is 7.90. The third kappa shape index (κ3) is 22.5. The molecule has 0 radical (unpaired) electrons. The lowest BCUT2D eigenvalue weighted by atomic mass is 9.84. The van der Waals surface area contributed by atoms with Gasteiger partial charge in [0.05, 0.1) is 43.4 Å². The fourth-order valence-corrected chi connectivity index (χ4v) is 21.3. The first-order valence-electron chi connectivity index (χ1n) is 43.8. The van der Waals surface area contributed by atoms with Crippen LogP contribution >= 0.6 is 0 Å². The van der Waals surface area contributed by atoms with Crippen LogP contribution in [-0.4, -0.2) is 193 Å². The summed E-state index contributed by atoms with van der Waals surface area (Å²) in [5.41, 5.74) is 9.44. The second kappa shape index (κ2) is 41.2. The molecule has 6 aromatic carbocycles. The van der Waals surface area contributed by atoms with Crippen molar-refractivity contribution in [3.05, 3.63) is 156 Å². The van der Waals surface area contributed by atoms with Gasteiger partial charge in [0.15, 0.2) is 0 Å². The summed E-state index contributed by atoms with van der Waals surface area (Å²) in [6, 6.07) is 42.1. The molecule has 10 aromatic rings. The Kier molecular flexibility index (Phi) is 30.1. The summed E-state index contributed by atoms with van der Waals surface area (Å²) in [4.78, 5) is 12.2. The smallest absolute Gasteiger partial charge is 0.240 e. The van der Waals surface area contributed by atoms with Crippen molar-refractivity contribution >= 4 is 45.8 Å². The van der Waals surface area contributed by atoms with Crippen LogP contribution in [0.25, 0.3) is 51.2 Å². The molecule has 3 aliphatic heterocycles. The molecule has 35 heteroatoms. The Bertz CT molecular complexity index is 5570. The Morgan fingerprint density at radius 1 is 0.361 bits per heavy atom. The average Bonchev–Trinajstić information content (AvgIpc) is 1.54. The highest BCUT2D eigenvalue weighted by atomic mass is 32.2. The van der Waals surface area contributed by atoms with Crippen molar-refractivity contribution in [2.75, 3.05) is 72.4 Å². The monoisotopic (exact) mass is 1740 g/mol. The van der Waals surface area contributed by atoms with Gasteiger partial charge in [0.25, 0.3) is 0 Å². The molecule has 3 saturated heterocycles. The number of benzene rings is 6. The van der Waals surface area contributed by atoms with Gasteiger partial charge in [0.1, 0.15) is 0 Å². The SMILES string of the molecule is CNS(=O)(=O)c1ccc(CC2CCCCC2)c(-c2nnn(-c3ccccc3)n2)c1.CNS(=O)(=O)c1ccc(CC2CCCCC2)c(-c2nnn(C3CCN(C(C)C)C3)n2)c1.CNS(=O)(=O)c1ccc(CC2CCCCC2)c(-c2nnn(C3CCN(c4ccccc4)C3)n2)c1.CNS(=O)(=O)c1ccc(CC2CCCCC2)c(-c2nnn(C3CCNC3)n2)c1. The van der Waals surface area contributed by atoms with Crippen LogP contribution in [0.1, 0.15) is 202 Å². The van der Waals surface area contributed by atoms with E-state index in [-0.39, 0.29) is 37.7 Å². The van der Waals surface area contributed by atoms with Gasteiger partial charge in [0.2, 0.25) is 63.4 Å². The van der Waals surface area contributed by atoms with Gasteiger partial charge in [-0.2, -0.15) is 14.4 Å². The normalized spacial score (nSPS) is 19.4. The maximum absolute atomic E-state index is 12.5. The number of aromatic nitrogens is 16. The number of tetrazole rings is 4. The van der Waals surface area contributed by atoms with E-state index < -0.39 is 40.1 Å². The summed E-state index contributed by atoms with van der Waals surface area (Å²) >= 11 is 0. The van der Waals surface area contributed by atoms with Gasteiger partial charge in [-0.15, -0.1) is 45.6 Å². The van der Waals surface area contributed by atoms with Crippen molar-refractivity contribution in [3.8, 4) is 51.2 Å². The maximum Gasteiger partial charge on any atom is 0.240 e. The Morgan fingerprint density at radius 2 is 0.689 bits per heavy atom. The summed E-state index contributed by atoms with van der Waals surface area (Å²) < 4.78 is 109. The molecule has 0 amide bonds. The zero-order valence-electron chi connectivity index (χ0n) is 71.1. The number of para-hydroxylation sites is 2. The summed E-state index contributed by atoms with van der Waals surface area (Å²) in [5.74, 6) is 4.44. The van der Waals surface area contributed by atoms with Crippen molar-refractivity contribution in [1.29, 1.82) is 0 Å². The Labute approximate surface area is 718 Å². The van der Waals surface area contributed by atoms with Crippen molar-refractivity contribution in [1.82, 2.24) is 110 Å². The molecule has 17 rings (SSSR count). The van der Waals surface area contributed by atoms with E-state index in [1.807, 2.05) is 60.7 Å². The second-order valence-electron chi connectivity index (χ2n) is 33.9. The highest BCUT2D eigenvalue weighted by Crippen LogP contribution is 2.39. The highest BCUT2D eigenvalue weighted by Gasteiger charge is 2.33. The number of nitrogens with zero attached hydrogens (tertiary/aromatic N) is 18. The van der Waals surface area contributed by atoms with Gasteiger partial charge in [-0.25, -0.2) is 52.6 Å². The lowest BCUT2D eigenvalue weighted by Crippen LogP contribution is -2.29. The van der Waals surface area contributed by atoms with E-state index in [2.05, 4.69) is 124 Å². The number of hydrogen-bond acceptors (Lipinski definition) is 23. The number of nitrogens with one attached hydrogen (secondary N) is 5. The molecule has 0 bridgehead atoms. The molecule has 122 heavy (non-hydrogen) atoms. The molecule has 7 heterocycles. The van der Waals surface area contributed by atoms with Gasteiger partial charge in [-0.3, -0.25) is 4.90 Å². The fourth-order valence-electron chi connectivity index (χ4n) is 18.2. The van der Waals surface area contributed by atoms with E-state index in [0.717, 1.165) is 134 Å². The van der Waals surface area contributed by atoms with Crippen molar-refractivity contribution in [2.45, 2.75) is 231 Å². The van der Waals surface area contributed by atoms with Crippen LogP contribution in [0.15, 0.2) is 153 Å². The predicted molar refractivity (Wildman–Crippen MR) is 470 cm³/mol. The summed E-state index contributed by atoms with van der Waals surface area (Å²) in [7, 11) is -8.50. The largest absolute Gasteiger partial charge is 0.369 e. The van der Waals surface area contributed by atoms with Gasteiger partial charge >= 0.3 is 0 Å². The first-order valence-corrected chi connectivity index (χ1v) is 49.7. The molecule has 7 aliphatic rings. The van der Waals surface area contributed by atoms with Crippen molar-refractivity contribution < 1.29 is 33.7 Å². The third-order valence-corrected chi connectivity index (χ3v) is 31.1. The molecule has 3 atom stereocenters. The second-order valence-corrected chi connectivity index (χ2v) is 41.4. The molecule has 31 nitrogen and oxygen atoms in total. The van der Waals surface area contributed by atoms with E-state index in [4.69, 9.17) is 10.2 Å². The quantitative estimate of drug-likeness (QED) is 0.0336. The van der Waals surface area contributed by atoms with Crippen LogP contribution in [-0.2, 0) is 65.8 Å². The molecule has 0 spiro atoms. The number of rotatable bonds is 26. The van der Waals surface area contributed by atoms with E-state index >= 15 is 0 Å². The molecule has 654 valence electrons. The molecule has 4 aromatic heterocycles. The molecule has 5 N–H and O–H groups in total. The van der Waals surface area contributed by atoms with Crippen LogP contribution < -0.4 is 29.1 Å². The Balaban J connectivity index is 0.000000133. The number of likely N-dealkylation sites (tertiary alicyclic amines) is 1. The first-order chi connectivity index (χ1) is 59.0. The van der Waals surface area contributed by atoms with E-state index in [1.54, 1.807) is 62.9 Å². The average molecular weight is 1740 g/mol. The van der Waals surface area contributed by atoms with E-state index in [9.17, 15) is 33.7 Å². The zero-order valence-corrected chi connectivity index (χ0v) is 74.4. The summed E-state index contributed by atoms with van der Waals surface area (Å²) in [6.45, 7) is 9.89. The zero-order chi connectivity index (χ0) is 85.4. The van der Waals surface area contributed by atoms with Crippen LogP contribution in [0.3, 0.4) is 0 Å². The van der Waals surface area contributed by atoms with Crippen molar-refractivity contribution in [3.63, 3.8) is 0 Å². The van der Waals surface area contributed by atoms with E-state index in [0.29, 0.717) is 53.0 Å². The van der Waals surface area contributed by atoms with E-state index in [1.165, 1.54) is 167 Å². The molecular weight excluding hydrogens is 1620 g/mol. The van der Waals surface area contributed by atoms with Crippen molar-refractivity contribution in [2.24, 2.45) is 23.7 Å². The van der Waals surface area contributed by atoms with Crippen LogP contribution in [0, 0.1) is 23.7 Å². The topological polar surface area (TPSA) is 378 Å². The van der Waals surface area contributed by atoms with Crippen LogP contribution in [0.4, 0.5) is 5.69 Å². The van der Waals surface area contributed by atoms with Gasteiger partial charge in [-0.05, 0) is 233 Å². The Hall–Kier alpha value is -9.04. The lowest BCUT2D eigenvalue weighted by molar-refractivity contribution is 0.258. The molecular formula is C87H119N23O8S4. The van der Waals surface area contributed by atoms with Gasteiger partial charge in [-0.1, -0.05) is 189 Å². The standard InChI is InChI=1S/C25H32N6O2S.C22H34N6O2S.C21H25N5O2S.C19H28N6O2S/c1-26-34(32,33)23-13-12-20(16-19-8-4-2-5-9-19)24(17-23)25-27-29-31(28-25)22-14-15-30(18-22)21-10-6-3-7-11-21;1-16(2)27-12-11-19(15-27)28-25-22(24-26-28)21-14-20(31(29,30)23-3)10-9-18(21)13-17-7-5-4-6-8-17;1-22-29(27,28)19-13-12-17(14-16-8-4-2-5-9-16)20(15-19)21-23-25-26(24-21)18-10-6-3-7-11-18;1-20-28(26,27)17-8-7-15(11-14-5-3-2-4-6-14)18(12-17)19-22-24-25(23-19)16-9-10-21-13-16/h3,6-7,10-13,17,19,22,26H,2,4-5,8-9,14-16,18H2,1H3;9-10,14,16-17,19,23H,4-8,11-13,15H2,1-3H3;3,6-7,10-13,15-16,22H,2,4-5,8-9,14H2,1H3;7-8,12,14,16,20-21H,2-6,9-11,13H2,1H3. The molecule has 7 fully saturated rings. The summed E-state index contributed by atoms with van der Waals surface area (Å²) in [5, 5.41) is 56.3. The third-order valence-electron chi connectivity index (χ3n) is 25.4. The summed E-state index contributed by atoms with van der Waals surface area (Å²) in [6.07, 6.45) is 31.7. The number of sulfonamides is 4. The molecule has 3 unspecified atom stereocenters. The fraction of sp³-hybridized carbons (Fsp3) is 0.540. The lowest BCUT2D eigenvalue weighted by Gasteiger charge is -2.22. The number of anilines is 1. The van der Waals surface area contributed by atoms with Crippen LogP contribution in [0.2, 0.25) is 0 Å². The predicted octanol–water partition coefficient (Wildman–Crippen LogP) is 12.1. The molecule has 4 aliphatic carbocycles. The number of hydrogen-bond donors (Lipinski definition) is 5. The molecule has 4 saturated carbocycles. The maximum atomic E-state index is 12.5. The van der Waals surface area contributed by atoms with Crippen LogP contribution in [0.5, 0.6) is 0 Å². The minimum Gasteiger partial charge on any atom is -0.369 e.